The van der Waals surface area contributed by atoms with E-state index in [0.717, 1.165) is 6.42 Å². The van der Waals surface area contributed by atoms with E-state index in [1.807, 2.05) is 34.6 Å². The molecule has 1 aliphatic carbocycles. The van der Waals surface area contributed by atoms with Crippen molar-refractivity contribution in [1.29, 1.82) is 0 Å². The monoisotopic (exact) mass is 264 g/mol. The summed E-state index contributed by atoms with van der Waals surface area (Å²) in [6.07, 6.45) is 7.05. The predicted octanol–water partition coefficient (Wildman–Crippen LogP) is 4.33. The van der Waals surface area contributed by atoms with Crippen molar-refractivity contribution in [3.8, 4) is 11.8 Å². The summed E-state index contributed by atoms with van der Waals surface area (Å²) in [7, 11) is 0. The summed E-state index contributed by atoms with van der Waals surface area (Å²) in [5.74, 6) is 6.81. The summed E-state index contributed by atoms with van der Waals surface area (Å²) in [5, 5.41) is 0. The average Bonchev–Trinajstić information content (AvgIpc) is 2.37. The molecule has 2 heteroatoms. The van der Waals surface area contributed by atoms with Crippen molar-refractivity contribution >= 4 is 5.97 Å². The van der Waals surface area contributed by atoms with Crippen LogP contribution in [0.25, 0.3) is 0 Å². The van der Waals surface area contributed by atoms with Gasteiger partial charge in [-0.3, -0.25) is 4.79 Å². The van der Waals surface area contributed by atoms with E-state index in [-0.39, 0.29) is 5.97 Å². The zero-order valence-corrected chi connectivity index (χ0v) is 13.1. The highest BCUT2D eigenvalue weighted by atomic mass is 16.6. The third-order valence-corrected chi connectivity index (χ3v) is 3.97. The van der Waals surface area contributed by atoms with Crippen LogP contribution in [-0.2, 0) is 9.53 Å². The molecule has 0 saturated heterocycles. The molecular formula is C17H28O2. The van der Waals surface area contributed by atoms with E-state index in [0.29, 0.717) is 5.92 Å². The Balaban J connectivity index is 2.60. The maximum atomic E-state index is 12.1. The van der Waals surface area contributed by atoms with E-state index in [9.17, 15) is 4.79 Å². The number of hydrogen-bond acceptors (Lipinski definition) is 2. The minimum absolute atomic E-state index is 0.155. The Labute approximate surface area is 118 Å². The van der Waals surface area contributed by atoms with E-state index in [1.54, 1.807) is 0 Å². The Morgan fingerprint density at radius 1 is 1.16 bits per heavy atom. The van der Waals surface area contributed by atoms with Gasteiger partial charge >= 0.3 is 5.97 Å². The molecule has 0 radical (unpaired) electrons. The summed E-state index contributed by atoms with van der Waals surface area (Å²) in [6, 6.07) is 0. The summed E-state index contributed by atoms with van der Waals surface area (Å²) < 4.78 is 5.57. The van der Waals surface area contributed by atoms with Crippen molar-refractivity contribution < 1.29 is 9.53 Å². The fourth-order valence-corrected chi connectivity index (χ4v) is 2.06. The molecule has 108 valence electrons. The Hall–Kier alpha value is -0.970. The zero-order chi connectivity index (χ0) is 14.5. The second kappa shape index (κ2) is 6.46. The van der Waals surface area contributed by atoms with Crippen LogP contribution in [0.4, 0.5) is 0 Å². The molecule has 0 amide bonds. The first kappa shape index (κ1) is 16.1. The fraction of sp³-hybridized carbons (Fsp3) is 0.824. The smallest absolute Gasteiger partial charge is 0.312 e. The van der Waals surface area contributed by atoms with Crippen LogP contribution in [0.5, 0.6) is 0 Å². The number of rotatable bonds is 3. The van der Waals surface area contributed by atoms with Gasteiger partial charge in [-0.15, -0.1) is 0 Å². The Morgan fingerprint density at radius 3 is 2.26 bits per heavy atom. The molecule has 1 rings (SSSR count). The van der Waals surface area contributed by atoms with Gasteiger partial charge in [0.1, 0.15) is 0 Å². The lowest BCUT2D eigenvalue weighted by molar-refractivity contribution is -0.162. The Kier molecular flexibility index (Phi) is 5.47. The quantitative estimate of drug-likeness (QED) is 0.560. The van der Waals surface area contributed by atoms with Gasteiger partial charge in [-0.05, 0) is 47.0 Å². The van der Waals surface area contributed by atoms with Gasteiger partial charge in [-0.1, -0.05) is 38.0 Å². The van der Waals surface area contributed by atoms with Crippen LogP contribution in [0, 0.1) is 23.2 Å². The van der Waals surface area contributed by atoms with Gasteiger partial charge in [0.25, 0.3) is 0 Å². The van der Waals surface area contributed by atoms with Crippen molar-refractivity contribution in [2.24, 2.45) is 11.3 Å². The van der Waals surface area contributed by atoms with Crippen LogP contribution in [0.15, 0.2) is 0 Å². The van der Waals surface area contributed by atoms with Crippen molar-refractivity contribution in [2.75, 3.05) is 0 Å². The molecule has 2 nitrogen and oxygen atoms in total. The molecular weight excluding hydrogens is 236 g/mol. The highest BCUT2D eigenvalue weighted by molar-refractivity contribution is 5.76. The lowest BCUT2D eigenvalue weighted by Gasteiger charge is -2.27. The first-order valence-corrected chi connectivity index (χ1v) is 7.53. The van der Waals surface area contributed by atoms with Gasteiger partial charge in [0.15, 0.2) is 5.60 Å². The largest absolute Gasteiger partial charge is 0.446 e. The maximum Gasteiger partial charge on any atom is 0.312 e. The maximum absolute atomic E-state index is 12.1. The summed E-state index contributed by atoms with van der Waals surface area (Å²) in [4.78, 5) is 12.1. The van der Waals surface area contributed by atoms with Gasteiger partial charge < -0.3 is 4.74 Å². The predicted molar refractivity (Wildman–Crippen MR) is 78.6 cm³/mol. The molecule has 0 unspecified atom stereocenters. The van der Waals surface area contributed by atoms with Gasteiger partial charge in [0.05, 0.1) is 5.41 Å². The van der Waals surface area contributed by atoms with Crippen LogP contribution in [0.1, 0.15) is 73.1 Å². The second-order valence-corrected chi connectivity index (χ2v) is 6.74. The van der Waals surface area contributed by atoms with Crippen molar-refractivity contribution in [3.05, 3.63) is 0 Å². The van der Waals surface area contributed by atoms with Gasteiger partial charge in [-0.25, -0.2) is 0 Å². The lowest BCUT2D eigenvalue weighted by Crippen LogP contribution is -2.34. The Bertz CT molecular complexity index is 362. The lowest BCUT2D eigenvalue weighted by atomic mass is 9.89. The molecule has 0 aliphatic heterocycles. The molecule has 1 fully saturated rings. The Morgan fingerprint density at radius 2 is 1.74 bits per heavy atom. The molecule has 0 bridgehead atoms. The number of hydrogen-bond donors (Lipinski definition) is 0. The van der Waals surface area contributed by atoms with Gasteiger partial charge in [-0.2, -0.15) is 0 Å². The first-order chi connectivity index (χ1) is 8.77. The number of esters is 1. The van der Waals surface area contributed by atoms with Crippen molar-refractivity contribution in [2.45, 2.75) is 78.7 Å². The molecule has 1 aliphatic rings. The second-order valence-electron chi connectivity index (χ2n) is 6.74. The summed E-state index contributed by atoms with van der Waals surface area (Å²) in [5.41, 5.74) is -1.11. The van der Waals surface area contributed by atoms with E-state index in [4.69, 9.17) is 4.74 Å². The highest BCUT2D eigenvalue weighted by Gasteiger charge is 2.32. The topological polar surface area (TPSA) is 26.3 Å². The van der Waals surface area contributed by atoms with E-state index in [2.05, 4.69) is 11.8 Å². The van der Waals surface area contributed by atoms with Crippen LogP contribution in [0.2, 0.25) is 0 Å². The van der Waals surface area contributed by atoms with Crippen LogP contribution >= 0.6 is 0 Å². The van der Waals surface area contributed by atoms with Crippen LogP contribution < -0.4 is 0 Å². The van der Waals surface area contributed by atoms with E-state index < -0.39 is 11.0 Å². The molecule has 0 aromatic carbocycles. The fourth-order valence-electron chi connectivity index (χ4n) is 2.06. The molecule has 0 aromatic heterocycles. The SMILES string of the molecule is CCC(C)(C)C(=O)OC(C)(C)C#CC1CCCCC1. The first-order valence-electron chi connectivity index (χ1n) is 7.53. The number of carbonyl (C=O) groups excluding carboxylic acids is 1. The van der Waals surface area contributed by atoms with Crippen LogP contribution in [-0.4, -0.2) is 11.6 Å². The number of carbonyl (C=O) groups is 1. The minimum Gasteiger partial charge on any atom is -0.446 e. The molecule has 0 spiro atoms. The zero-order valence-electron chi connectivity index (χ0n) is 13.1. The molecule has 0 N–H and O–H groups in total. The third-order valence-electron chi connectivity index (χ3n) is 3.97. The third kappa shape index (κ3) is 5.27. The van der Waals surface area contributed by atoms with Gasteiger partial charge in [0, 0.05) is 5.92 Å². The van der Waals surface area contributed by atoms with E-state index in [1.165, 1.54) is 32.1 Å². The molecule has 19 heavy (non-hydrogen) atoms. The average molecular weight is 264 g/mol. The standard InChI is InChI=1S/C17H28O2/c1-6-16(2,3)15(18)19-17(4,5)13-12-14-10-8-7-9-11-14/h14H,6-11H2,1-5H3. The van der Waals surface area contributed by atoms with Crippen LogP contribution in [0.3, 0.4) is 0 Å². The van der Waals surface area contributed by atoms with Gasteiger partial charge in [0.2, 0.25) is 0 Å². The molecule has 0 heterocycles. The number of ether oxygens (including phenoxy) is 1. The minimum atomic E-state index is -0.680. The molecule has 0 atom stereocenters. The molecule has 0 aromatic rings. The summed E-state index contributed by atoms with van der Waals surface area (Å²) >= 11 is 0. The highest BCUT2D eigenvalue weighted by Crippen LogP contribution is 2.26. The van der Waals surface area contributed by atoms with E-state index >= 15 is 0 Å². The summed E-state index contributed by atoms with van der Waals surface area (Å²) in [6.45, 7) is 9.60. The normalized spacial score (nSPS) is 17.5. The van der Waals surface area contributed by atoms with Crippen molar-refractivity contribution in [1.82, 2.24) is 0 Å². The molecule has 1 saturated carbocycles. The van der Waals surface area contributed by atoms with Crippen molar-refractivity contribution in [3.63, 3.8) is 0 Å².